The van der Waals surface area contributed by atoms with Crippen molar-refractivity contribution in [3.63, 3.8) is 0 Å². The largest absolute Gasteiger partial charge is 0.501 e. The highest BCUT2D eigenvalue weighted by atomic mass is 32.2. The van der Waals surface area contributed by atoms with Crippen molar-refractivity contribution in [2.24, 2.45) is 0 Å². The second-order valence-electron chi connectivity index (χ2n) is 8.48. The van der Waals surface area contributed by atoms with Crippen LogP contribution in [0.15, 0.2) is 52.3 Å². The molecule has 4 rings (SSSR count). The van der Waals surface area contributed by atoms with E-state index in [4.69, 9.17) is 0 Å². The number of alkyl halides is 3. The van der Waals surface area contributed by atoms with Gasteiger partial charge >= 0.3 is 11.2 Å². The summed E-state index contributed by atoms with van der Waals surface area (Å²) >= 11 is 0. The maximum Gasteiger partial charge on any atom is 0.501 e. The van der Waals surface area contributed by atoms with E-state index in [9.17, 15) is 31.5 Å². The molecule has 0 amide bonds. The van der Waals surface area contributed by atoms with Gasteiger partial charge < -0.3 is 5.11 Å². The summed E-state index contributed by atoms with van der Waals surface area (Å²) in [5, 5.41) is 10.6. The van der Waals surface area contributed by atoms with Gasteiger partial charge in [0.2, 0.25) is 5.88 Å². The van der Waals surface area contributed by atoms with Crippen LogP contribution in [0.3, 0.4) is 0 Å². The average molecular weight is 496 g/mol. The summed E-state index contributed by atoms with van der Waals surface area (Å²) in [5.41, 5.74) is -3.90. The van der Waals surface area contributed by atoms with E-state index in [1.165, 1.54) is 11.0 Å². The molecule has 1 fully saturated rings. The fraction of sp³-hybridized carbons (Fsp3) is 0.391. The molecule has 0 spiro atoms. The van der Waals surface area contributed by atoms with Crippen molar-refractivity contribution >= 4 is 9.84 Å². The predicted octanol–water partition coefficient (Wildman–Crippen LogP) is 4.44. The van der Waals surface area contributed by atoms with Crippen LogP contribution in [0.25, 0.3) is 5.69 Å². The lowest BCUT2D eigenvalue weighted by molar-refractivity contribution is -0.0436. The van der Waals surface area contributed by atoms with Crippen LogP contribution < -0.4 is 5.69 Å². The molecule has 2 heterocycles. The van der Waals surface area contributed by atoms with Crippen LogP contribution in [-0.2, 0) is 16.4 Å². The van der Waals surface area contributed by atoms with E-state index >= 15 is 0 Å². The van der Waals surface area contributed by atoms with Crippen molar-refractivity contribution in [2.45, 2.75) is 61.9 Å². The molecule has 34 heavy (non-hydrogen) atoms. The molecule has 0 atom stereocenters. The number of aromatic hydroxyl groups is 1. The van der Waals surface area contributed by atoms with Crippen LogP contribution in [0.5, 0.6) is 5.88 Å². The number of pyridine rings is 1. The lowest BCUT2D eigenvalue weighted by atomic mass is 9.86. The van der Waals surface area contributed by atoms with Crippen LogP contribution in [0.4, 0.5) is 13.2 Å². The Bertz CT molecular complexity index is 1350. The van der Waals surface area contributed by atoms with Gasteiger partial charge in [-0.1, -0.05) is 19.3 Å². The van der Waals surface area contributed by atoms with Gasteiger partial charge in [-0.2, -0.15) is 13.2 Å². The molecular formula is C23H24F3N3O4S. The maximum atomic E-state index is 13.1. The van der Waals surface area contributed by atoms with Gasteiger partial charge in [-0.25, -0.2) is 17.8 Å². The molecule has 182 valence electrons. The number of rotatable bonds is 5. The van der Waals surface area contributed by atoms with E-state index in [1.807, 2.05) is 6.07 Å². The summed E-state index contributed by atoms with van der Waals surface area (Å²) < 4.78 is 63.8. The van der Waals surface area contributed by atoms with E-state index in [1.54, 1.807) is 19.2 Å². The molecule has 2 aromatic heterocycles. The van der Waals surface area contributed by atoms with Crippen molar-refractivity contribution < 1.29 is 26.7 Å². The molecule has 0 aliphatic heterocycles. The predicted molar refractivity (Wildman–Crippen MR) is 119 cm³/mol. The molecule has 1 aliphatic carbocycles. The maximum absolute atomic E-state index is 13.1. The molecule has 1 N–H and O–H groups in total. The monoisotopic (exact) mass is 495 g/mol. The fourth-order valence-electron chi connectivity index (χ4n) is 4.36. The Hall–Kier alpha value is -3.08. The summed E-state index contributed by atoms with van der Waals surface area (Å²) in [6.07, 6.45) is 7.40. The first-order valence-corrected chi connectivity index (χ1v) is 12.4. The zero-order chi connectivity index (χ0) is 24.7. The number of hydrogen-bond donors (Lipinski definition) is 1. The lowest BCUT2D eigenvalue weighted by Crippen LogP contribution is -2.25. The van der Waals surface area contributed by atoms with Gasteiger partial charge in [0.25, 0.3) is 9.84 Å². The number of benzene rings is 1. The molecular weight excluding hydrogens is 471 g/mol. The van der Waals surface area contributed by atoms with Crippen molar-refractivity contribution in [1.82, 2.24) is 14.1 Å². The van der Waals surface area contributed by atoms with E-state index < -0.39 is 25.9 Å². The van der Waals surface area contributed by atoms with Crippen LogP contribution >= 0.6 is 0 Å². The van der Waals surface area contributed by atoms with Crippen molar-refractivity contribution in [3.05, 3.63) is 70.0 Å². The Morgan fingerprint density at radius 2 is 1.74 bits per heavy atom. The smallest absolute Gasteiger partial charge is 0.493 e. The van der Waals surface area contributed by atoms with Gasteiger partial charge in [0.05, 0.1) is 22.8 Å². The minimum atomic E-state index is -5.51. The standard InChI is InChI=1S/C23H24F3N3O4S/c1-15-21(30)29(18-7-9-19(10-8-18)34(32,33)23(24,25)26)22(31)28(15)14-16-11-12-27-20(13-16)17-5-3-2-4-6-17/h7-13,17,30H,2-6,14H2,1H3. The van der Waals surface area contributed by atoms with E-state index in [0.29, 0.717) is 5.92 Å². The number of nitrogens with zero attached hydrogens (tertiary/aromatic N) is 3. The van der Waals surface area contributed by atoms with Crippen molar-refractivity contribution in [2.75, 3.05) is 0 Å². The zero-order valence-electron chi connectivity index (χ0n) is 18.4. The van der Waals surface area contributed by atoms with Gasteiger partial charge in [-0.05, 0) is 61.7 Å². The molecule has 1 saturated carbocycles. The third-order valence-corrected chi connectivity index (χ3v) is 7.78. The van der Waals surface area contributed by atoms with Gasteiger partial charge in [0.1, 0.15) is 0 Å². The van der Waals surface area contributed by atoms with Gasteiger partial charge in [-0.15, -0.1) is 0 Å². The van der Waals surface area contributed by atoms with Crippen LogP contribution in [0.1, 0.15) is 55.0 Å². The average Bonchev–Trinajstić information content (AvgIpc) is 3.02. The molecule has 3 aromatic rings. The Morgan fingerprint density at radius 1 is 1.09 bits per heavy atom. The number of hydrogen-bond acceptors (Lipinski definition) is 5. The molecule has 0 unspecified atom stereocenters. The number of aromatic nitrogens is 3. The van der Waals surface area contributed by atoms with Gasteiger partial charge in [0.15, 0.2) is 0 Å². The minimum Gasteiger partial charge on any atom is -0.493 e. The number of halogens is 3. The van der Waals surface area contributed by atoms with E-state index in [0.717, 1.165) is 65.8 Å². The van der Waals surface area contributed by atoms with Crippen LogP contribution in [0, 0.1) is 6.92 Å². The zero-order valence-corrected chi connectivity index (χ0v) is 19.2. The quantitative estimate of drug-likeness (QED) is 0.565. The fourth-order valence-corrected chi connectivity index (χ4v) is 5.12. The molecule has 1 aliphatic rings. The Kier molecular flexibility index (Phi) is 6.32. The van der Waals surface area contributed by atoms with Crippen LogP contribution in [-0.4, -0.2) is 33.2 Å². The van der Waals surface area contributed by atoms with Crippen LogP contribution in [0.2, 0.25) is 0 Å². The third kappa shape index (κ3) is 4.36. The van der Waals surface area contributed by atoms with Gasteiger partial charge in [-0.3, -0.25) is 9.55 Å². The first-order valence-electron chi connectivity index (χ1n) is 10.9. The Balaban J connectivity index is 1.65. The lowest BCUT2D eigenvalue weighted by Gasteiger charge is -2.21. The highest BCUT2D eigenvalue weighted by Crippen LogP contribution is 2.33. The highest BCUT2D eigenvalue weighted by molar-refractivity contribution is 7.92. The number of imidazole rings is 1. The number of sulfone groups is 1. The minimum absolute atomic E-state index is 0.0445. The first kappa shape index (κ1) is 24.1. The van der Waals surface area contributed by atoms with E-state index in [2.05, 4.69) is 4.98 Å². The third-order valence-electron chi connectivity index (χ3n) is 6.28. The highest BCUT2D eigenvalue weighted by Gasteiger charge is 2.46. The molecule has 0 saturated heterocycles. The topological polar surface area (TPSA) is 94.2 Å². The summed E-state index contributed by atoms with van der Waals surface area (Å²) in [4.78, 5) is 16.6. The van der Waals surface area contributed by atoms with Crippen molar-refractivity contribution in [1.29, 1.82) is 0 Å². The summed E-state index contributed by atoms with van der Waals surface area (Å²) in [6.45, 7) is 1.73. The Labute approximate surface area is 194 Å². The second-order valence-corrected chi connectivity index (χ2v) is 10.4. The van der Waals surface area contributed by atoms with Gasteiger partial charge in [0, 0.05) is 17.8 Å². The summed E-state index contributed by atoms with van der Waals surface area (Å²) in [6, 6.07) is 7.39. The summed E-state index contributed by atoms with van der Waals surface area (Å²) in [7, 11) is -5.51. The first-order chi connectivity index (χ1) is 16.0. The SMILES string of the molecule is Cc1c(O)n(-c2ccc(S(=O)(=O)C(F)(F)F)cc2)c(=O)n1Cc1ccnc(C2CCCCC2)c1. The second kappa shape index (κ2) is 8.94. The molecule has 11 heteroatoms. The molecule has 1 aromatic carbocycles. The Morgan fingerprint density at radius 3 is 2.35 bits per heavy atom. The molecule has 7 nitrogen and oxygen atoms in total. The summed E-state index contributed by atoms with van der Waals surface area (Å²) in [5.74, 6) is 0.00833. The normalized spacial score (nSPS) is 15.5. The van der Waals surface area contributed by atoms with E-state index in [-0.39, 0.29) is 23.8 Å². The molecule has 0 bridgehead atoms. The van der Waals surface area contributed by atoms with Crippen molar-refractivity contribution in [3.8, 4) is 11.6 Å². The molecule has 0 radical (unpaired) electrons.